The zero-order valence-corrected chi connectivity index (χ0v) is 14.1. The van der Waals surface area contributed by atoms with Crippen molar-refractivity contribution in [2.75, 3.05) is 37.0 Å². The minimum Gasteiger partial charge on any atom is -0.378 e. The summed E-state index contributed by atoms with van der Waals surface area (Å²) in [6.07, 6.45) is 1.49. The van der Waals surface area contributed by atoms with E-state index < -0.39 is 4.92 Å². The fraction of sp³-hybridized carbons (Fsp3) is 0.312. The SMILES string of the molecule is O=C(CSc1cc(N2CCOCC2)ncn1)c1ccc([N+](=O)[O-])cc1. The van der Waals surface area contributed by atoms with E-state index in [2.05, 4.69) is 14.9 Å². The fourth-order valence-corrected chi connectivity index (χ4v) is 3.12. The molecule has 130 valence electrons. The number of nitrogens with zero attached hydrogens (tertiary/aromatic N) is 4. The molecule has 1 aliphatic rings. The molecule has 0 spiro atoms. The highest BCUT2D eigenvalue weighted by atomic mass is 32.2. The van der Waals surface area contributed by atoms with Crippen molar-refractivity contribution < 1.29 is 14.5 Å². The van der Waals surface area contributed by atoms with Gasteiger partial charge in [0.05, 0.1) is 23.9 Å². The summed E-state index contributed by atoms with van der Waals surface area (Å²) in [7, 11) is 0. The van der Waals surface area contributed by atoms with E-state index in [4.69, 9.17) is 4.74 Å². The Bertz CT molecular complexity index is 763. The lowest BCUT2D eigenvalue weighted by Crippen LogP contribution is -2.36. The van der Waals surface area contributed by atoms with Gasteiger partial charge in [-0.25, -0.2) is 9.97 Å². The van der Waals surface area contributed by atoms with Gasteiger partial charge in [0.2, 0.25) is 0 Å². The first-order valence-corrected chi connectivity index (χ1v) is 8.67. The van der Waals surface area contributed by atoms with Crippen LogP contribution in [-0.2, 0) is 4.74 Å². The molecule has 0 atom stereocenters. The molecule has 0 saturated carbocycles. The first-order chi connectivity index (χ1) is 12.1. The van der Waals surface area contributed by atoms with Gasteiger partial charge < -0.3 is 9.64 Å². The number of hydrogen-bond acceptors (Lipinski definition) is 8. The number of benzene rings is 1. The van der Waals surface area contributed by atoms with E-state index in [0.717, 1.165) is 18.9 Å². The number of hydrogen-bond donors (Lipinski definition) is 0. The minimum absolute atomic E-state index is 0.0323. The van der Waals surface area contributed by atoms with Crippen LogP contribution in [0.5, 0.6) is 0 Å². The van der Waals surface area contributed by atoms with Crippen molar-refractivity contribution in [2.45, 2.75) is 5.03 Å². The zero-order chi connectivity index (χ0) is 17.6. The number of anilines is 1. The van der Waals surface area contributed by atoms with Crippen LogP contribution in [0.25, 0.3) is 0 Å². The van der Waals surface area contributed by atoms with Crippen molar-refractivity contribution in [3.8, 4) is 0 Å². The number of nitro benzene ring substituents is 1. The molecule has 25 heavy (non-hydrogen) atoms. The van der Waals surface area contributed by atoms with Gasteiger partial charge >= 0.3 is 0 Å². The van der Waals surface area contributed by atoms with Crippen LogP contribution in [0.3, 0.4) is 0 Å². The van der Waals surface area contributed by atoms with Crippen LogP contribution in [0.2, 0.25) is 0 Å². The van der Waals surface area contributed by atoms with Crippen LogP contribution in [0.4, 0.5) is 11.5 Å². The molecule has 1 aromatic carbocycles. The lowest BCUT2D eigenvalue weighted by atomic mass is 10.1. The number of rotatable bonds is 6. The first-order valence-electron chi connectivity index (χ1n) is 7.68. The van der Waals surface area contributed by atoms with Crippen LogP contribution >= 0.6 is 11.8 Å². The number of ketones is 1. The highest BCUT2D eigenvalue weighted by Gasteiger charge is 2.14. The third kappa shape index (κ3) is 4.52. The quantitative estimate of drug-likeness (QED) is 0.254. The molecule has 0 unspecified atom stereocenters. The first kappa shape index (κ1) is 17.3. The van der Waals surface area contributed by atoms with E-state index in [0.29, 0.717) is 23.8 Å². The Hall–Kier alpha value is -2.52. The van der Waals surface area contributed by atoms with Crippen molar-refractivity contribution in [3.63, 3.8) is 0 Å². The van der Waals surface area contributed by atoms with Crippen LogP contribution in [0.15, 0.2) is 41.7 Å². The van der Waals surface area contributed by atoms with Gasteiger partial charge in [0, 0.05) is 36.9 Å². The van der Waals surface area contributed by atoms with Crippen molar-refractivity contribution in [3.05, 3.63) is 52.3 Å². The molecule has 9 heteroatoms. The van der Waals surface area contributed by atoms with Crippen LogP contribution in [0, 0.1) is 10.1 Å². The number of thioether (sulfide) groups is 1. The van der Waals surface area contributed by atoms with Gasteiger partial charge in [-0.15, -0.1) is 0 Å². The standard InChI is InChI=1S/C16H16N4O4S/c21-14(12-1-3-13(4-2-12)20(22)23)10-25-16-9-15(17-11-18-16)19-5-7-24-8-6-19/h1-4,9,11H,5-8,10H2. The van der Waals surface area contributed by atoms with Gasteiger partial charge in [-0.2, -0.15) is 0 Å². The predicted molar refractivity (Wildman–Crippen MR) is 93.2 cm³/mol. The number of ether oxygens (including phenoxy) is 1. The molecule has 1 fully saturated rings. The van der Waals surface area contributed by atoms with Crippen LogP contribution in [0.1, 0.15) is 10.4 Å². The summed E-state index contributed by atoms with van der Waals surface area (Å²) in [5.74, 6) is 0.923. The van der Waals surface area contributed by atoms with Crippen molar-refractivity contribution >= 4 is 29.1 Å². The van der Waals surface area contributed by atoms with Crippen LogP contribution in [-0.4, -0.2) is 52.7 Å². The van der Waals surface area contributed by atoms with E-state index in [1.807, 2.05) is 6.07 Å². The summed E-state index contributed by atoms with van der Waals surface area (Å²) in [6.45, 7) is 2.90. The summed E-state index contributed by atoms with van der Waals surface area (Å²) >= 11 is 1.32. The summed E-state index contributed by atoms with van der Waals surface area (Å²) < 4.78 is 5.33. The van der Waals surface area contributed by atoms with Crippen molar-refractivity contribution in [1.29, 1.82) is 0 Å². The molecular weight excluding hydrogens is 344 g/mol. The normalized spacial score (nSPS) is 14.3. The van der Waals surface area contributed by atoms with E-state index in [1.54, 1.807) is 0 Å². The maximum atomic E-state index is 12.2. The molecule has 1 aliphatic heterocycles. The Kier molecular flexibility index (Phi) is 5.56. The summed E-state index contributed by atoms with van der Waals surface area (Å²) in [5.41, 5.74) is 0.413. The Morgan fingerprint density at radius 2 is 1.96 bits per heavy atom. The lowest BCUT2D eigenvalue weighted by molar-refractivity contribution is -0.384. The molecule has 2 heterocycles. The maximum Gasteiger partial charge on any atom is 0.269 e. The Labute approximate surface area is 148 Å². The topological polar surface area (TPSA) is 98.5 Å². The maximum absolute atomic E-state index is 12.2. The van der Waals surface area contributed by atoms with E-state index in [-0.39, 0.29) is 17.2 Å². The van der Waals surface area contributed by atoms with Gasteiger partial charge in [-0.1, -0.05) is 11.8 Å². The Morgan fingerprint density at radius 3 is 2.64 bits per heavy atom. The lowest BCUT2D eigenvalue weighted by Gasteiger charge is -2.27. The Balaban J connectivity index is 1.61. The smallest absolute Gasteiger partial charge is 0.269 e. The molecule has 1 saturated heterocycles. The second-order valence-corrected chi connectivity index (χ2v) is 6.33. The number of Topliss-reactive ketones (excluding diaryl/α,β-unsaturated/α-hetero) is 1. The molecule has 0 amide bonds. The number of morpholine rings is 1. The van der Waals surface area contributed by atoms with Gasteiger partial charge in [0.25, 0.3) is 5.69 Å². The number of nitro groups is 1. The molecule has 8 nitrogen and oxygen atoms in total. The summed E-state index contributed by atoms with van der Waals surface area (Å²) in [6, 6.07) is 7.47. The predicted octanol–water partition coefficient (Wildman–Crippen LogP) is 2.20. The largest absolute Gasteiger partial charge is 0.378 e. The minimum atomic E-state index is -0.489. The van der Waals surface area contributed by atoms with Crippen molar-refractivity contribution in [1.82, 2.24) is 9.97 Å². The molecule has 0 N–H and O–H groups in total. The van der Waals surface area contributed by atoms with Crippen LogP contribution < -0.4 is 4.90 Å². The molecule has 0 bridgehead atoms. The molecule has 2 aromatic rings. The van der Waals surface area contributed by atoms with Gasteiger partial charge in [-0.3, -0.25) is 14.9 Å². The second kappa shape index (κ2) is 8.04. The highest BCUT2D eigenvalue weighted by molar-refractivity contribution is 7.99. The number of carbonyl (C=O) groups is 1. The summed E-state index contributed by atoms with van der Waals surface area (Å²) in [4.78, 5) is 33.0. The van der Waals surface area contributed by atoms with Gasteiger partial charge in [0.15, 0.2) is 5.78 Å². The molecule has 0 radical (unpaired) electrons. The second-order valence-electron chi connectivity index (χ2n) is 5.33. The molecule has 3 rings (SSSR count). The van der Waals surface area contributed by atoms with E-state index in [1.165, 1.54) is 42.4 Å². The number of aromatic nitrogens is 2. The van der Waals surface area contributed by atoms with Gasteiger partial charge in [0.1, 0.15) is 17.2 Å². The number of non-ortho nitro benzene ring substituents is 1. The van der Waals surface area contributed by atoms with Crippen molar-refractivity contribution in [2.24, 2.45) is 0 Å². The summed E-state index contributed by atoms with van der Waals surface area (Å²) in [5, 5.41) is 11.4. The number of carbonyl (C=O) groups excluding carboxylic acids is 1. The third-order valence-corrected chi connectivity index (χ3v) is 4.64. The third-order valence-electron chi connectivity index (χ3n) is 3.71. The molecular formula is C16H16N4O4S. The van der Waals surface area contributed by atoms with E-state index >= 15 is 0 Å². The van der Waals surface area contributed by atoms with Gasteiger partial charge in [-0.05, 0) is 12.1 Å². The average molecular weight is 360 g/mol. The van der Waals surface area contributed by atoms with E-state index in [9.17, 15) is 14.9 Å². The zero-order valence-electron chi connectivity index (χ0n) is 13.3. The highest BCUT2D eigenvalue weighted by Crippen LogP contribution is 2.22. The molecule has 0 aliphatic carbocycles. The monoisotopic (exact) mass is 360 g/mol. The fourth-order valence-electron chi connectivity index (χ4n) is 2.37. The average Bonchev–Trinajstić information content (AvgIpc) is 2.67. The molecule has 1 aromatic heterocycles. The Morgan fingerprint density at radius 1 is 1.24 bits per heavy atom.